The van der Waals surface area contributed by atoms with Gasteiger partial charge in [-0.05, 0) is 89.0 Å². The van der Waals surface area contributed by atoms with Crippen LogP contribution >= 0.6 is 0 Å². The van der Waals surface area contributed by atoms with Gasteiger partial charge in [0, 0.05) is 22.1 Å². The van der Waals surface area contributed by atoms with Crippen LogP contribution in [0, 0.1) is 0 Å². The van der Waals surface area contributed by atoms with Crippen molar-refractivity contribution in [2.75, 3.05) is 0 Å². The Balaban J connectivity index is 1.07. The van der Waals surface area contributed by atoms with Crippen LogP contribution in [0.25, 0.3) is 99.6 Å². The fourth-order valence-electron chi connectivity index (χ4n) is 9.40. The Hall–Kier alpha value is -7.16. The molecule has 0 bridgehead atoms. The highest BCUT2D eigenvalue weighted by Gasteiger charge is 2.37. The van der Waals surface area contributed by atoms with Gasteiger partial charge in [0.2, 0.25) is 0 Å². The SMILES string of the molecule is CC1(C)c2ccccc2-c2cccc(-c3ccccc3-c3cc(-c4ccc(-c5c6ccccc6cc6c5ccc5ccccc56)cc4)nc(-c4ccccc4)n3)c21. The van der Waals surface area contributed by atoms with Crippen LogP contribution in [0.5, 0.6) is 0 Å². The molecule has 0 saturated carbocycles. The summed E-state index contributed by atoms with van der Waals surface area (Å²) >= 11 is 0. The summed E-state index contributed by atoms with van der Waals surface area (Å²) in [5.74, 6) is 0.708. The minimum absolute atomic E-state index is 0.147. The lowest BCUT2D eigenvalue weighted by Crippen LogP contribution is -2.16. The fourth-order valence-corrected chi connectivity index (χ4v) is 9.40. The van der Waals surface area contributed by atoms with Crippen molar-refractivity contribution in [3.8, 4) is 67.3 Å². The Morgan fingerprint density at radius 1 is 0.351 bits per heavy atom. The van der Waals surface area contributed by atoms with Crippen LogP contribution in [0.15, 0.2) is 194 Å². The first-order valence-corrected chi connectivity index (χ1v) is 19.7. The quantitative estimate of drug-likeness (QED) is 0.130. The van der Waals surface area contributed by atoms with E-state index in [4.69, 9.17) is 9.97 Å². The van der Waals surface area contributed by atoms with E-state index >= 15 is 0 Å². The lowest BCUT2D eigenvalue weighted by molar-refractivity contribution is 0.662. The Morgan fingerprint density at radius 3 is 1.75 bits per heavy atom. The zero-order valence-corrected chi connectivity index (χ0v) is 31.9. The molecule has 0 atom stereocenters. The molecule has 268 valence electrons. The summed E-state index contributed by atoms with van der Waals surface area (Å²) in [6, 6.07) is 70.1. The molecule has 1 heterocycles. The van der Waals surface area contributed by atoms with Gasteiger partial charge in [-0.2, -0.15) is 0 Å². The molecule has 1 aromatic heterocycles. The van der Waals surface area contributed by atoms with Crippen LogP contribution in [-0.2, 0) is 5.41 Å². The summed E-state index contributed by atoms with van der Waals surface area (Å²) in [4.78, 5) is 10.5. The van der Waals surface area contributed by atoms with Crippen LogP contribution in [0.3, 0.4) is 0 Å². The Bertz CT molecular complexity index is 3190. The highest BCUT2D eigenvalue weighted by atomic mass is 14.9. The standard InChI is InChI=1S/C55H38N2/c1-55(2)49-26-13-12-22-43(49)47-25-14-24-46(53(47)55)42-21-10-11-23-44(42)51-34-50(56-54(57-51)38-16-4-3-5-17-38)36-27-29-37(30-28-36)52-41-20-9-7-18-39(41)33-48-40-19-8-6-15-35(40)31-32-45(48)52/h3-34H,1-2H3. The molecule has 0 aliphatic heterocycles. The van der Waals surface area contributed by atoms with Gasteiger partial charge in [-0.15, -0.1) is 0 Å². The predicted molar refractivity (Wildman–Crippen MR) is 239 cm³/mol. The molecule has 0 saturated heterocycles. The van der Waals surface area contributed by atoms with E-state index in [-0.39, 0.29) is 5.41 Å². The Kier molecular flexibility index (Phi) is 7.55. The van der Waals surface area contributed by atoms with Crippen molar-refractivity contribution in [1.82, 2.24) is 9.97 Å². The molecule has 1 aliphatic carbocycles. The predicted octanol–water partition coefficient (Wildman–Crippen LogP) is 14.6. The number of nitrogens with zero attached hydrogens (tertiary/aromatic N) is 2. The number of aromatic nitrogens is 2. The zero-order chi connectivity index (χ0) is 38.1. The van der Waals surface area contributed by atoms with Crippen molar-refractivity contribution < 1.29 is 0 Å². The molecule has 0 fully saturated rings. The van der Waals surface area contributed by atoms with E-state index in [1.165, 1.54) is 76.8 Å². The first-order chi connectivity index (χ1) is 28.0. The third-order valence-corrected chi connectivity index (χ3v) is 12.1. The molecular formula is C55H38N2. The van der Waals surface area contributed by atoms with Gasteiger partial charge >= 0.3 is 0 Å². The maximum Gasteiger partial charge on any atom is 0.160 e. The third-order valence-electron chi connectivity index (χ3n) is 12.1. The first-order valence-electron chi connectivity index (χ1n) is 19.7. The molecule has 2 nitrogen and oxygen atoms in total. The van der Waals surface area contributed by atoms with E-state index in [2.05, 4.69) is 202 Å². The number of hydrogen-bond donors (Lipinski definition) is 0. The van der Waals surface area contributed by atoms with Crippen molar-refractivity contribution in [3.05, 3.63) is 205 Å². The van der Waals surface area contributed by atoms with Crippen LogP contribution in [0.1, 0.15) is 25.0 Å². The van der Waals surface area contributed by atoms with Gasteiger partial charge in [-0.1, -0.05) is 196 Å². The lowest BCUT2D eigenvalue weighted by atomic mass is 9.78. The highest BCUT2D eigenvalue weighted by Crippen LogP contribution is 2.53. The van der Waals surface area contributed by atoms with Crippen molar-refractivity contribution in [3.63, 3.8) is 0 Å². The molecule has 2 heteroatoms. The molecule has 9 aromatic carbocycles. The van der Waals surface area contributed by atoms with Crippen LogP contribution in [0.2, 0.25) is 0 Å². The molecule has 0 amide bonds. The van der Waals surface area contributed by atoms with Crippen molar-refractivity contribution in [2.24, 2.45) is 0 Å². The van der Waals surface area contributed by atoms with Gasteiger partial charge in [-0.3, -0.25) is 0 Å². The maximum absolute atomic E-state index is 5.30. The number of fused-ring (bicyclic) bond motifs is 7. The molecule has 0 unspecified atom stereocenters. The number of hydrogen-bond acceptors (Lipinski definition) is 2. The zero-order valence-electron chi connectivity index (χ0n) is 31.9. The van der Waals surface area contributed by atoms with E-state index in [1.54, 1.807) is 0 Å². The van der Waals surface area contributed by atoms with E-state index < -0.39 is 0 Å². The van der Waals surface area contributed by atoms with Crippen molar-refractivity contribution >= 4 is 32.3 Å². The van der Waals surface area contributed by atoms with Gasteiger partial charge in [-0.25, -0.2) is 9.97 Å². The molecule has 0 radical (unpaired) electrons. The maximum atomic E-state index is 5.30. The average Bonchev–Trinajstić information content (AvgIpc) is 3.51. The van der Waals surface area contributed by atoms with Crippen molar-refractivity contribution in [1.29, 1.82) is 0 Å². The smallest absolute Gasteiger partial charge is 0.160 e. The second-order valence-corrected chi connectivity index (χ2v) is 15.7. The van der Waals surface area contributed by atoms with Gasteiger partial charge in [0.05, 0.1) is 11.4 Å². The van der Waals surface area contributed by atoms with E-state index in [0.29, 0.717) is 5.82 Å². The fraction of sp³-hybridized carbons (Fsp3) is 0.0545. The van der Waals surface area contributed by atoms with E-state index in [0.717, 1.165) is 28.1 Å². The number of rotatable bonds is 5. The van der Waals surface area contributed by atoms with E-state index in [1.807, 2.05) is 6.07 Å². The second-order valence-electron chi connectivity index (χ2n) is 15.7. The van der Waals surface area contributed by atoms with E-state index in [9.17, 15) is 0 Å². The van der Waals surface area contributed by atoms with Gasteiger partial charge in [0.1, 0.15) is 0 Å². The minimum atomic E-state index is -0.147. The highest BCUT2D eigenvalue weighted by molar-refractivity contribution is 6.20. The topological polar surface area (TPSA) is 25.8 Å². The van der Waals surface area contributed by atoms with Gasteiger partial charge in [0.25, 0.3) is 0 Å². The van der Waals surface area contributed by atoms with Crippen LogP contribution < -0.4 is 0 Å². The van der Waals surface area contributed by atoms with Crippen molar-refractivity contribution in [2.45, 2.75) is 19.3 Å². The third kappa shape index (κ3) is 5.33. The summed E-state index contributed by atoms with van der Waals surface area (Å²) in [6.45, 7) is 4.71. The molecule has 10 aromatic rings. The first kappa shape index (κ1) is 33.2. The molecular weight excluding hydrogens is 689 g/mol. The largest absolute Gasteiger partial charge is 0.228 e. The number of benzene rings is 9. The summed E-state index contributed by atoms with van der Waals surface area (Å²) in [5, 5.41) is 7.54. The monoisotopic (exact) mass is 726 g/mol. The molecule has 11 rings (SSSR count). The summed E-state index contributed by atoms with van der Waals surface area (Å²) in [5.41, 5.74) is 15.0. The molecule has 0 spiro atoms. The summed E-state index contributed by atoms with van der Waals surface area (Å²) < 4.78 is 0. The molecule has 0 N–H and O–H groups in total. The summed E-state index contributed by atoms with van der Waals surface area (Å²) in [6.07, 6.45) is 0. The Labute approximate surface area is 332 Å². The molecule has 57 heavy (non-hydrogen) atoms. The second kappa shape index (κ2) is 13.0. The normalized spacial score (nSPS) is 12.9. The van der Waals surface area contributed by atoms with Crippen LogP contribution in [0.4, 0.5) is 0 Å². The average molecular weight is 727 g/mol. The van der Waals surface area contributed by atoms with Crippen LogP contribution in [-0.4, -0.2) is 9.97 Å². The molecule has 1 aliphatic rings. The summed E-state index contributed by atoms with van der Waals surface area (Å²) in [7, 11) is 0. The van der Waals surface area contributed by atoms with Gasteiger partial charge in [0.15, 0.2) is 5.82 Å². The van der Waals surface area contributed by atoms with Gasteiger partial charge < -0.3 is 0 Å². The minimum Gasteiger partial charge on any atom is -0.228 e. The Morgan fingerprint density at radius 2 is 0.947 bits per heavy atom. The lowest BCUT2D eigenvalue weighted by Gasteiger charge is -2.25.